The van der Waals surface area contributed by atoms with Gasteiger partial charge in [0.25, 0.3) is 5.91 Å². The Balaban J connectivity index is 1.71. The van der Waals surface area contributed by atoms with Gasteiger partial charge in [-0.3, -0.25) is 4.79 Å². The van der Waals surface area contributed by atoms with E-state index in [9.17, 15) is 4.79 Å². The van der Waals surface area contributed by atoms with Crippen molar-refractivity contribution in [2.45, 2.75) is 39.0 Å². The number of rotatable bonds is 5. The number of benzene rings is 1. The Morgan fingerprint density at radius 3 is 3.05 bits per heavy atom. The lowest BCUT2D eigenvalue weighted by atomic mass is 10.1. The minimum Gasteiger partial charge on any atom is -0.478 e. The molecule has 2 unspecified atom stereocenters. The quantitative estimate of drug-likeness (QED) is 0.782. The van der Waals surface area contributed by atoms with Crippen molar-refractivity contribution in [1.29, 1.82) is 0 Å². The summed E-state index contributed by atoms with van der Waals surface area (Å²) in [6.07, 6.45) is 1.92. The second-order valence-electron chi connectivity index (χ2n) is 5.32. The molecule has 22 heavy (non-hydrogen) atoms. The third-order valence-electron chi connectivity index (χ3n) is 3.75. The summed E-state index contributed by atoms with van der Waals surface area (Å²) in [6, 6.07) is 5.96. The van der Waals surface area contributed by atoms with Gasteiger partial charge in [-0.15, -0.1) is 0 Å². The summed E-state index contributed by atoms with van der Waals surface area (Å²) >= 11 is 0. The summed E-state index contributed by atoms with van der Waals surface area (Å²) in [7, 11) is 0. The van der Waals surface area contributed by atoms with E-state index in [1.165, 1.54) is 0 Å². The van der Waals surface area contributed by atoms with Crippen molar-refractivity contribution in [1.82, 2.24) is 20.7 Å². The number of hydrogen-bond acceptors (Lipinski definition) is 5. The summed E-state index contributed by atoms with van der Waals surface area (Å²) in [5.41, 5.74) is 2.68. The Labute approximate surface area is 128 Å². The van der Waals surface area contributed by atoms with Gasteiger partial charge in [-0.1, -0.05) is 13.0 Å². The van der Waals surface area contributed by atoms with Gasteiger partial charge in [-0.25, -0.2) is 0 Å². The van der Waals surface area contributed by atoms with E-state index in [4.69, 9.17) is 4.74 Å². The van der Waals surface area contributed by atoms with E-state index < -0.39 is 6.10 Å². The molecule has 2 aromatic rings. The summed E-state index contributed by atoms with van der Waals surface area (Å²) < 4.78 is 5.77. The van der Waals surface area contributed by atoms with Gasteiger partial charge in [0.05, 0.1) is 17.6 Å². The molecule has 116 valence electrons. The fourth-order valence-electron chi connectivity index (χ4n) is 2.38. The van der Waals surface area contributed by atoms with E-state index >= 15 is 0 Å². The standard InChI is InChI=1S/C15H19N5O2/c1-3-13-15(21)18-12-5-4-10(6-14(12)22-13)9(2)16-7-11-8-17-20-19-11/h4-6,8-9,13,16H,3,7H2,1-2H3,(H,18,21)(H,17,19,20). The lowest BCUT2D eigenvalue weighted by Gasteiger charge is -2.26. The molecule has 1 amide bonds. The molecule has 1 aromatic heterocycles. The van der Waals surface area contributed by atoms with Crippen molar-refractivity contribution in [2.75, 3.05) is 5.32 Å². The van der Waals surface area contributed by atoms with Crippen LogP contribution in [-0.2, 0) is 11.3 Å². The van der Waals surface area contributed by atoms with Gasteiger partial charge in [-0.2, -0.15) is 15.4 Å². The molecule has 0 bridgehead atoms. The SMILES string of the molecule is CCC1Oc2cc(C(C)NCc3cn[nH]n3)ccc2NC1=O. The van der Waals surface area contributed by atoms with Crippen LogP contribution >= 0.6 is 0 Å². The van der Waals surface area contributed by atoms with Crippen LogP contribution in [0.3, 0.4) is 0 Å². The molecule has 0 aliphatic carbocycles. The molecule has 2 atom stereocenters. The monoisotopic (exact) mass is 301 g/mol. The fourth-order valence-corrected chi connectivity index (χ4v) is 2.38. The van der Waals surface area contributed by atoms with Gasteiger partial charge >= 0.3 is 0 Å². The van der Waals surface area contributed by atoms with Crippen molar-refractivity contribution in [3.05, 3.63) is 35.7 Å². The van der Waals surface area contributed by atoms with Gasteiger partial charge in [0, 0.05) is 12.6 Å². The van der Waals surface area contributed by atoms with Crippen LogP contribution in [-0.4, -0.2) is 27.4 Å². The Hall–Kier alpha value is -2.41. The Bertz CT molecular complexity index is 656. The summed E-state index contributed by atoms with van der Waals surface area (Å²) in [5.74, 6) is 0.638. The molecule has 7 nitrogen and oxygen atoms in total. The molecule has 2 heterocycles. The topological polar surface area (TPSA) is 91.9 Å². The maximum atomic E-state index is 11.8. The van der Waals surface area contributed by atoms with Crippen LogP contribution in [0.5, 0.6) is 5.75 Å². The summed E-state index contributed by atoms with van der Waals surface area (Å²) in [6.45, 7) is 4.63. The molecule has 1 aromatic carbocycles. The van der Waals surface area contributed by atoms with Gasteiger partial charge in [0.15, 0.2) is 6.10 Å². The first kappa shape index (κ1) is 14.5. The van der Waals surface area contributed by atoms with Crippen molar-refractivity contribution < 1.29 is 9.53 Å². The zero-order valence-electron chi connectivity index (χ0n) is 12.6. The Kier molecular flexibility index (Phi) is 4.06. The van der Waals surface area contributed by atoms with Crippen LogP contribution in [0.25, 0.3) is 0 Å². The number of nitrogens with zero attached hydrogens (tertiary/aromatic N) is 2. The van der Waals surface area contributed by atoms with Crippen LogP contribution in [0.2, 0.25) is 0 Å². The minimum atomic E-state index is -0.416. The second kappa shape index (κ2) is 6.15. The average Bonchev–Trinajstić information content (AvgIpc) is 3.05. The van der Waals surface area contributed by atoms with Crippen molar-refractivity contribution >= 4 is 11.6 Å². The van der Waals surface area contributed by atoms with Gasteiger partial charge in [0.2, 0.25) is 0 Å². The first-order valence-corrected chi connectivity index (χ1v) is 7.37. The molecule has 0 saturated carbocycles. The number of carbonyl (C=O) groups excluding carboxylic acids is 1. The van der Waals surface area contributed by atoms with Crippen LogP contribution in [0.1, 0.15) is 37.6 Å². The zero-order chi connectivity index (χ0) is 15.5. The molecule has 3 rings (SSSR count). The van der Waals surface area contributed by atoms with Crippen LogP contribution in [0.4, 0.5) is 5.69 Å². The fraction of sp³-hybridized carbons (Fsp3) is 0.400. The second-order valence-corrected chi connectivity index (χ2v) is 5.32. The molecule has 0 radical (unpaired) electrons. The summed E-state index contributed by atoms with van der Waals surface area (Å²) in [5, 5.41) is 16.6. The van der Waals surface area contributed by atoms with E-state index in [1.807, 2.05) is 25.1 Å². The third kappa shape index (κ3) is 2.94. The number of amides is 1. The lowest BCUT2D eigenvalue weighted by Crippen LogP contribution is -2.36. The minimum absolute atomic E-state index is 0.0834. The number of nitrogens with one attached hydrogen (secondary N) is 3. The smallest absolute Gasteiger partial charge is 0.265 e. The third-order valence-corrected chi connectivity index (χ3v) is 3.75. The number of ether oxygens (including phenoxy) is 1. The highest BCUT2D eigenvalue weighted by Gasteiger charge is 2.26. The number of aromatic amines is 1. The first-order valence-electron chi connectivity index (χ1n) is 7.37. The highest BCUT2D eigenvalue weighted by Crippen LogP contribution is 2.32. The Morgan fingerprint density at radius 2 is 2.32 bits per heavy atom. The van der Waals surface area contributed by atoms with E-state index in [0.717, 1.165) is 22.7 Å². The molecular formula is C15H19N5O2. The largest absolute Gasteiger partial charge is 0.478 e. The van der Waals surface area contributed by atoms with Crippen LogP contribution < -0.4 is 15.4 Å². The molecule has 0 fully saturated rings. The molecule has 0 spiro atoms. The van der Waals surface area contributed by atoms with Gasteiger partial charge < -0.3 is 15.4 Å². The number of H-pyrrole nitrogens is 1. The summed E-state index contributed by atoms with van der Waals surface area (Å²) in [4.78, 5) is 11.8. The predicted molar refractivity (Wildman–Crippen MR) is 81.4 cm³/mol. The molecule has 7 heteroatoms. The molecule has 1 aliphatic rings. The average molecular weight is 301 g/mol. The van der Waals surface area contributed by atoms with Crippen molar-refractivity contribution in [2.24, 2.45) is 0 Å². The number of fused-ring (bicyclic) bond motifs is 1. The van der Waals surface area contributed by atoms with Crippen LogP contribution in [0, 0.1) is 0 Å². The van der Waals surface area contributed by atoms with Crippen molar-refractivity contribution in [3.8, 4) is 5.75 Å². The number of anilines is 1. The molecule has 1 aliphatic heterocycles. The highest BCUT2D eigenvalue weighted by atomic mass is 16.5. The van der Waals surface area contributed by atoms with Gasteiger partial charge in [-0.05, 0) is 31.0 Å². The highest BCUT2D eigenvalue weighted by molar-refractivity contribution is 5.97. The normalized spacial score (nSPS) is 18.3. The number of aromatic nitrogens is 3. The molecule has 0 saturated heterocycles. The zero-order valence-corrected chi connectivity index (χ0v) is 12.6. The molecule has 3 N–H and O–H groups in total. The van der Waals surface area contributed by atoms with E-state index in [0.29, 0.717) is 13.0 Å². The predicted octanol–water partition coefficient (Wildman–Crippen LogP) is 1.76. The van der Waals surface area contributed by atoms with E-state index in [-0.39, 0.29) is 11.9 Å². The maximum Gasteiger partial charge on any atom is 0.265 e. The Morgan fingerprint density at radius 1 is 1.45 bits per heavy atom. The first-order chi connectivity index (χ1) is 10.7. The van der Waals surface area contributed by atoms with Crippen molar-refractivity contribution in [3.63, 3.8) is 0 Å². The van der Waals surface area contributed by atoms with E-state index in [2.05, 4.69) is 33.0 Å². The van der Waals surface area contributed by atoms with Crippen LogP contribution in [0.15, 0.2) is 24.4 Å². The van der Waals surface area contributed by atoms with Gasteiger partial charge in [0.1, 0.15) is 5.75 Å². The maximum absolute atomic E-state index is 11.8. The number of hydrogen-bond donors (Lipinski definition) is 3. The molecular weight excluding hydrogens is 282 g/mol. The lowest BCUT2D eigenvalue weighted by molar-refractivity contribution is -0.123. The van der Waals surface area contributed by atoms with E-state index in [1.54, 1.807) is 6.20 Å². The number of carbonyl (C=O) groups is 1.